The lowest BCUT2D eigenvalue weighted by Crippen LogP contribution is -2.25. The van der Waals surface area contributed by atoms with Gasteiger partial charge in [0.1, 0.15) is 45.4 Å². The lowest BCUT2D eigenvalue weighted by Gasteiger charge is -2.30. The molecule has 0 fully saturated rings. The third-order valence-corrected chi connectivity index (χ3v) is 7.57. The zero-order valence-electron chi connectivity index (χ0n) is 26.5. The third kappa shape index (κ3) is 6.67. The van der Waals surface area contributed by atoms with Crippen molar-refractivity contribution in [2.75, 3.05) is 4.90 Å². The van der Waals surface area contributed by atoms with Crippen molar-refractivity contribution in [1.82, 2.24) is 9.97 Å². The van der Waals surface area contributed by atoms with E-state index >= 15 is 0 Å². The van der Waals surface area contributed by atoms with E-state index in [1.807, 2.05) is 0 Å². The Morgan fingerprint density at radius 3 is 1.39 bits per heavy atom. The van der Waals surface area contributed by atoms with Crippen molar-refractivity contribution in [2.45, 2.75) is 6.92 Å². The van der Waals surface area contributed by atoms with Gasteiger partial charge in [0.15, 0.2) is 45.0 Å². The number of nitrogens with zero attached hydrogens (tertiary/aromatic N) is 3. The zero-order chi connectivity index (χ0) is 35.8. The van der Waals surface area contributed by atoms with Crippen molar-refractivity contribution in [1.29, 1.82) is 0 Å². The predicted molar refractivity (Wildman–Crippen MR) is 186 cm³/mol. The molecule has 3 aliphatic heterocycles. The molecule has 4 N–H and O–H groups in total. The maximum Gasteiger partial charge on any atom is 0.228 e. The van der Waals surface area contributed by atoms with Gasteiger partial charge in [0.25, 0.3) is 0 Å². The minimum Gasteiger partial charge on any atom is -0.508 e. The van der Waals surface area contributed by atoms with Gasteiger partial charge in [-0.25, -0.2) is 9.97 Å². The first-order valence-corrected chi connectivity index (χ1v) is 15.2. The number of fused-ring (bicyclic) bond motifs is 6. The van der Waals surface area contributed by atoms with E-state index in [0.717, 1.165) is 0 Å². The first kappa shape index (κ1) is 32.2. The van der Waals surface area contributed by atoms with E-state index < -0.39 is 0 Å². The second-order valence-electron chi connectivity index (χ2n) is 11.3. The van der Waals surface area contributed by atoms with E-state index in [4.69, 9.17) is 13.6 Å². The summed E-state index contributed by atoms with van der Waals surface area (Å²) in [6.07, 6.45) is 0. The summed E-state index contributed by atoms with van der Waals surface area (Å²) in [4.78, 5) is 44.2. The highest BCUT2D eigenvalue weighted by Crippen LogP contribution is 2.48. The molecule has 5 aliphatic rings. The quantitative estimate of drug-likeness (QED) is 0.121. The van der Waals surface area contributed by atoms with Crippen molar-refractivity contribution in [3.05, 3.63) is 130 Å². The molecule has 13 nitrogen and oxygen atoms in total. The van der Waals surface area contributed by atoms with Crippen molar-refractivity contribution in [3.63, 3.8) is 0 Å². The van der Waals surface area contributed by atoms with Gasteiger partial charge in [-0.3, -0.25) is 19.3 Å². The normalized spacial score (nSPS) is 11.5. The molecule has 0 saturated heterocycles. The van der Waals surface area contributed by atoms with Gasteiger partial charge in [0.05, 0.1) is 11.4 Å². The summed E-state index contributed by atoms with van der Waals surface area (Å²) < 4.78 is 16.6. The number of hydrogen-bond acceptors (Lipinski definition) is 12. The predicted octanol–water partition coefficient (Wildman–Crippen LogP) is 6.88. The molecule has 252 valence electrons. The van der Waals surface area contributed by atoms with Crippen LogP contribution in [0.2, 0.25) is 0 Å². The second-order valence-corrected chi connectivity index (χ2v) is 11.3. The fourth-order valence-corrected chi connectivity index (χ4v) is 5.31. The van der Waals surface area contributed by atoms with E-state index in [-0.39, 0.29) is 39.8 Å². The molecule has 1 amide bonds. The summed E-state index contributed by atoms with van der Waals surface area (Å²) >= 11 is 0. The zero-order valence-corrected chi connectivity index (χ0v) is 26.5. The van der Waals surface area contributed by atoms with Gasteiger partial charge in [0.2, 0.25) is 5.91 Å². The number of aromatic hydroxyl groups is 4. The molecular weight excluding hydrogens is 658 g/mol. The molecule has 0 radical (unpaired) electrons. The fraction of sp³-hybridized carbons (Fsp3) is 0.0263. The first-order chi connectivity index (χ1) is 24.5. The van der Waals surface area contributed by atoms with Crippen LogP contribution in [0.4, 0.5) is 11.4 Å². The van der Waals surface area contributed by atoms with E-state index in [9.17, 15) is 34.8 Å². The summed E-state index contributed by atoms with van der Waals surface area (Å²) in [7, 11) is 0. The van der Waals surface area contributed by atoms with Crippen LogP contribution in [-0.4, -0.2) is 36.3 Å². The number of rotatable bonds is 0. The molecule has 2 aliphatic carbocycles. The molecule has 3 heterocycles. The van der Waals surface area contributed by atoms with Crippen molar-refractivity contribution < 1.29 is 38.8 Å². The lowest BCUT2D eigenvalue weighted by molar-refractivity contribution is -0.115. The largest absolute Gasteiger partial charge is 0.508 e. The van der Waals surface area contributed by atoms with E-state index in [2.05, 4.69) is 9.97 Å². The number of anilines is 2. The van der Waals surface area contributed by atoms with Crippen LogP contribution in [0, 0.1) is 0 Å². The van der Waals surface area contributed by atoms with Gasteiger partial charge in [0, 0.05) is 43.3 Å². The summed E-state index contributed by atoms with van der Waals surface area (Å²) in [5.74, 6) is 1.71. The monoisotopic (exact) mass is 683 g/mol. The van der Waals surface area contributed by atoms with Crippen LogP contribution in [-0.2, 0) is 4.79 Å². The number of phenols is 4. The molecule has 51 heavy (non-hydrogen) atoms. The summed E-state index contributed by atoms with van der Waals surface area (Å²) in [6.45, 7) is 1.44. The van der Waals surface area contributed by atoms with Crippen LogP contribution < -0.4 is 20.5 Å². The van der Waals surface area contributed by atoms with Gasteiger partial charge in [-0.1, -0.05) is 0 Å². The lowest BCUT2D eigenvalue weighted by atomic mass is 10.1. The summed E-state index contributed by atoms with van der Waals surface area (Å²) in [5.41, 5.74) is 4.31. The second kappa shape index (κ2) is 12.9. The van der Waals surface area contributed by atoms with Crippen LogP contribution in [0.25, 0.3) is 45.1 Å². The van der Waals surface area contributed by atoms with Crippen LogP contribution in [0.15, 0.2) is 128 Å². The number of amides is 1. The molecule has 0 bridgehead atoms. The number of hydrogen-bond donors (Lipinski definition) is 4. The maximum atomic E-state index is 11.8. The van der Waals surface area contributed by atoms with E-state index in [1.54, 1.807) is 48.5 Å². The Hall–Kier alpha value is -7.41. The van der Waals surface area contributed by atoms with E-state index in [0.29, 0.717) is 68.0 Å². The minimum absolute atomic E-state index is 0.0471. The van der Waals surface area contributed by atoms with Gasteiger partial charge in [-0.2, -0.15) is 0 Å². The van der Waals surface area contributed by atoms with Crippen LogP contribution in [0.3, 0.4) is 0 Å². The Labute approximate surface area is 286 Å². The number of phenolic OH excluding ortho intramolecular Hbond substituents is 4. The number of carbonyl (C=O) groups excluding carboxylic acids is 1. The highest BCUT2D eigenvalue weighted by atomic mass is 16.5. The Balaban J connectivity index is 0.000000120. The smallest absolute Gasteiger partial charge is 0.228 e. The number of ether oxygens (including phenoxy) is 1. The molecule has 9 rings (SSSR count). The molecule has 13 heteroatoms. The molecule has 4 aromatic carbocycles. The summed E-state index contributed by atoms with van der Waals surface area (Å²) in [5, 5.41) is 37.6. The Morgan fingerprint density at radius 1 is 0.549 bits per heavy atom. The highest BCUT2D eigenvalue weighted by molar-refractivity contribution is 6.03. The average Bonchev–Trinajstić information content (AvgIpc) is 3.09. The van der Waals surface area contributed by atoms with Crippen molar-refractivity contribution in [3.8, 4) is 57.4 Å². The van der Waals surface area contributed by atoms with Crippen LogP contribution >= 0.6 is 0 Å². The number of aromatic nitrogens is 2. The van der Waals surface area contributed by atoms with E-state index in [1.165, 1.54) is 72.5 Å². The maximum absolute atomic E-state index is 11.8. The van der Waals surface area contributed by atoms with Gasteiger partial charge < -0.3 is 34.0 Å². The standard InChI is InChI=1S/C14H11NO4.2C12H7NO3/c1-8(16)15-11-4-2-9(17)6-13(11)19-14-7-10(18)3-5-12(14)15;2*14-7-1-3-9-11(5-7)16-12-6-8(15)2-4-10(12)13-9/h2-7,17-18H,1H3;2*1-6,14H. The average molecular weight is 684 g/mol. The molecule has 0 spiro atoms. The Morgan fingerprint density at radius 2 is 0.961 bits per heavy atom. The van der Waals surface area contributed by atoms with Crippen molar-refractivity contribution >= 4 is 39.5 Å². The van der Waals surface area contributed by atoms with Gasteiger partial charge >= 0.3 is 0 Å². The Kier molecular flexibility index (Phi) is 8.13. The third-order valence-electron chi connectivity index (χ3n) is 7.57. The first-order valence-electron chi connectivity index (χ1n) is 15.2. The van der Waals surface area contributed by atoms with Crippen LogP contribution in [0.5, 0.6) is 34.5 Å². The minimum atomic E-state index is -0.179. The molecule has 0 aromatic heterocycles. The molecule has 0 unspecified atom stereocenters. The Bertz CT molecular complexity index is 2490. The van der Waals surface area contributed by atoms with Gasteiger partial charge in [-0.05, 0) is 72.8 Å². The number of carbonyl (C=O) groups is 1. The van der Waals surface area contributed by atoms with Crippen LogP contribution in [0.1, 0.15) is 6.92 Å². The number of benzene rings is 6. The molecule has 0 saturated carbocycles. The fourth-order valence-electron chi connectivity index (χ4n) is 5.31. The SMILES string of the molecule is CC(=O)N1c2ccc(O)cc2Oc2cc(O)ccc21.O=c1ccc2nc3ccc(O)cc3oc-2c1.O=c1ccc2nc3ccc(O)cc3oc-2c1. The molecule has 0 atom stereocenters. The molecule has 4 aromatic rings. The highest BCUT2D eigenvalue weighted by Gasteiger charge is 2.27. The van der Waals surface area contributed by atoms with Gasteiger partial charge in [-0.15, -0.1) is 0 Å². The molecular formula is C38H25N3O10. The topological polar surface area (TPSA) is 197 Å². The van der Waals surface area contributed by atoms with Crippen molar-refractivity contribution in [2.24, 2.45) is 0 Å². The summed E-state index contributed by atoms with van der Waals surface area (Å²) in [6, 6.07) is 27.3.